The molecule has 3 rings (SSSR count). The van der Waals surface area contributed by atoms with Crippen LogP contribution in [0.25, 0.3) is 11.1 Å². The summed E-state index contributed by atoms with van der Waals surface area (Å²) in [4.78, 5) is 5.61. The van der Waals surface area contributed by atoms with Crippen molar-refractivity contribution in [3.8, 4) is 0 Å². The van der Waals surface area contributed by atoms with E-state index >= 15 is 0 Å². The molecule has 1 N–H and O–H groups in total. The van der Waals surface area contributed by atoms with Crippen molar-refractivity contribution in [2.75, 3.05) is 5.32 Å². The molecule has 3 aromatic rings. The van der Waals surface area contributed by atoms with Crippen molar-refractivity contribution >= 4 is 55.7 Å². The minimum atomic E-state index is 0.736. The van der Waals surface area contributed by atoms with Crippen LogP contribution in [0.1, 0.15) is 17.7 Å². The van der Waals surface area contributed by atoms with E-state index in [9.17, 15) is 0 Å². The normalized spacial score (nSPS) is 11.2. The van der Waals surface area contributed by atoms with Gasteiger partial charge in [0.1, 0.15) is 9.85 Å². The van der Waals surface area contributed by atoms with Gasteiger partial charge in [0, 0.05) is 28.0 Å². The van der Waals surface area contributed by atoms with Gasteiger partial charge in [-0.3, -0.25) is 0 Å². The molecule has 0 atom stereocenters. The maximum atomic E-state index is 6.03. The molecule has 0 unspecified atom stereocenters. The lowest BCUT2D eigenvalue weighted by Gasteiger charge is -2.03. The summed E-state index contributed by atoms with van der Waals surface area (Å²) >= 11 is 11.0. The Morgan fingerprint density at radius 3 is 2.95 bits per heavy atom. The van der Waals surface area contributed by atoms with E-state index in [1.807, 2.05) is 31.2 Å². The summed E-state index contributed by atoms with van der Waals surface area (Å²) < 4.78 is 7.32. The van der Waals surface area contributed by atoms with E-state index in [4.69, 9.17) is 16.0 Å². The Labute approximate surface area is 134 Å². The predicted octanol–water partition coefficient (Wildman–Crippen LogP) is 5.48. The average Bonchev–Trinajstić information content (AvgIpc) is 2.99. The number of hydrogen-bond donors (Lipinski definition) is 1. The highest BCUT2D eigenvalue weighted by Gasteiger charge is 2.07. The lowest BCUT2D eigenvalue weighted by molar-refractivity contribution is 0.538. The number of aromatic nitrogens is 1. The second kappa shape index (κ2) is 5.76. The molecule has 0 saturated heterocycles. The molecule has 0 amide bonds. The first-order valence-electron chi connectivity index (χ1n) is 6.22. The summed E-state index contributed by atoms with van der Waals surface area (Å²) in [6, 6.07) is 7.98. The Bertz CT molecular complexity index is 733. The van der Waals surface area contributed by atoms with E-state index in [1.165, 1.54) is 4.88 Å². The molecule has 104 valence electrons. The number of benzene rings is 1. The quantitative estimate of drug-likeness (QED) is 0.660. The third kappa shape index (κ3) is 2.85. The number of rotatable bonds is 4. The molecule has 0 fully saturated rings. The molecule has 2 aromatic heterocycles. The van der Waals surface area contributed by atoms with Crippen LogP contribution in [0.3, 0.4) is 0 Å². The van der Waals surface area contributed by atoms with Gasteiger partial charge in [0.2, 0.25) is 0 Å². The molecule has 3 nitrogen and oxygen atoms in total. The van der Waals surface area contributed by atoms with Crippen molar-refractivity contribution in [2.24, 2.45) is 0 Å². The van der Waals surface area contributed by atoms with Crippen LogP contribution >= 0.6 is 38.9 Å². The first-order chi connectivity index (χ1) is 9.65. The first kappa shape index (κ1) is 13.9. The third-order valence-corrected chi connectivity index (χ3v) is 5.37. The molecule has 0 aliphatic rings. The highest BCUT2D eigenvalue weighted by Crippen LogP contribution is 2.32. The van der Waals surface area contributed by atoms with E-state index in [2.05, 4.69) is 26.2 Å². The molecule has 6 heteroatoms. The van der Waals surface area contributed by atoms with Crippen LogP contribution in [0, 0.1) is 0 Å². The molecule has 0 bridgehead atoms. The minimum absolute atomic E-state index is 0.736. The fraction of sp³-hybridized carbons (Fsp3) is 0.214. The molecule has 0 aliphatic heterocycles. The van der Waals surface area contributed by atoms with Crippen LogP contribution in [0.2, 0.25) is 4.34 Å². The van der Waals surface area contributed by atoms with Gasteiger partial charge in [0.25, 0.3) is 0 Å². The Morgan fingerprint density at radius 1 is 1.40 bits per heavy atom. The second-order valence-electron chi connectivity index (χ2n) is 4.33. The summed E-state index contributed by atoms with van der Waals surface area (Å²) in [6.07, 6.45) is 0.805. The number of anilines is 1. The molecule has 0 aliphatic carbocycles. The van der Waals surface area contributed by atoms with Crippen molar-refractivity contribution in [1.82, 2.24) is 4.98 Å². The van der Waals surface area contributed by atoms with E-state index in [1.54, 1.807) is 11.3 Å². The van der Waals surface area contributed by atoms with Gasteiger partial charge in [-0.25, -0.2) is 4.98 Å². The number of hydrogen-bond acceptors (Lipinski definition) is 4. The number of nitrogens with one attached hydrogen (secondary N) is 1. The molecule has 0 spiro atoms. The third-order valence-electron chi connectivity index (χ3n) is 2.90. The number of halogens is 2. The molecule has 0 radical (unpaired) electrons. The van der Waals surface area contributed by atoms with Gasteiger partial charge in [0.05, 0.1) is 0 Å². The number of oxazole rings is 1. The molecule has 1 aromatic carbocycles. The summed E-state index contributed by atoms with van der Waals surface area (Å²) in [5, 5.41) is 3.37. The molecular weight excluding hydrogens is 360 g/mol. The van der Waals surface area contributed by atoms with E-state index in [0.717, 1.165) is 44.5 Å². The van der Waals surface area contributed by atoms with E-state index < -0.39 is 0 Å². The van der Waals surface area contributed by atoms with Crippen LogP contribution < -0.4 is 5.32 Å². The maximum absolute atomic E-state index is 6.03. The zero-order valence-corrected chi connectivity index (χ0v) is 13.9. The van der Waals surface area contributed by atoms with Gasteiger partial charge in [-0.15, -0.1) is 11.3 Å². The summed E-state index contributed by atoms with van der Waals surface area (Å²) in [5.41, 5.74) is 2.74. The van der Waals surface area contributed by atoms with Gasteiger partial charge >= 0.3 is 0 Å². The maximum Gasteiger partial charge on any atom is 0.195 e. The van der Waals surface area contributed by atoms with Crippen LogP contribution in [-0.2, 0) is 13.0 Å². The SMILES string of the molecule is CCc1nc2cc(NCc3cc(Br)c(Cl)s3)ccc2o1. The van der Waals surface area contributed by atoms with Gasteiger partial charge in [-0.2, -0.15) is 0 Å². The smallest absolute Gasteiger partial charge is 0.195 e. The highest BCUT2D eigenvalue weighted by molar-refractivity contribution is 9.10. The van der Waals surface area contributed by atoms with Gasteiger partial charge in [-0.05, 0) is 40.2 Å². The van der Waals surface area contributed by atoms with Crippen molar-refractivity contribution < 1.29 is 4.42 Å². The van der Waals surface area contributed by atoms with Gasteiger partial charge in [-0.1, -0.05) is 18.5 Å². The lowest BCUT2D eigenvalue weighted by atomic mass is 10.3. The Balaban J connectivity index is 1.76. The average molecular weight is 372 g/mol. The fourth-order valence-corrected chi connectivity index (χ4v) is 3.63. The minimum Gasteiger partial charge on any atom is -0.441 e. The zero-order chi connectivity index (χ0) is 14.1. The summed E-state index contributed by atoms with van der Waals surface area (Å²) in [7, 11) is 0. The van der Waals surface area contributed by atoms with Crippen LogP contribution in [0.15, 0.2) is 33.2 Å². The Morgan fingerprint density at radius 2 is 2.25 bits per heavy atom. The molecular formula is C14H12BrClN2OS. The van der Waals surface area contributed by atoms with E-state index in [-0.39, 0.29) is 0 Å². The van der Waals surface area contributed by atoms with Crippen molar-refractivity contribution in [3.63, 3.8) is 0 Å². The van der Waals surface area contributed by atoms with Gasteiger partial charge in [0.15, 0.2) is 11.5 Å². The standard InChI is InChI=1S/C14H12BrClN2OS/c1-2-13-18-11-5-8(3-4-12(11)19-13)17-7-9-6-10(15)14(16)20-9/h3-6,17H,2,7H2,1H3. The Hall–Kier alpha value is -1.04. The first-order valence-corrected chi connectivity index (χ1v) is 8.21. The van der Waals surface area contributed by atoms with E-state index in [0.29, 0.717) is 0 Å². The van der Waals surface area contributed by atoms with Crippen molar-refractivity contribution in [2.45, 2.75) is 19.9 Å². The number of aryl methyl sites for hydroxylation is 1. The Kier molecular flexibility index (Phi) is 4.01. The predicted molar refractivity (Wildman–Crippen MR) is 87.7 cm³/mol. The fourth-order valence-electron chi connectivity index (χ4n) is 1.90. The van der Waals surface area contributed by atoms with Crippen LogP contribution in [-0.4, -0.2) is 4.98 Å². The number of nitrogens with zero attached hydrogens (tertiary/aromatic N) is 1. The van der Waals surface area contributed by atoms with Crippen molar-refractivity contribution in [3.05, 3.63) is 43.8 Å². The number of fused-ring (bicyclic) bond motifs is 1. The van der Waals surface area contributed by atoms with Crippen LogP contribution in [0.4, 0.5) is 5.69 Å². The largest absolute Gasteiger partial charge is 0.441 e. The van der Waals surface area contributed by atoms with Gasteiger partial charge < -0.3 is 9.73 Å². The number of thiophene rings is 1. The highest BCUT2D eigenvalue weighted by atomic mass is 79.9. The van der Waals surface area contributed by atoms with Crippen LogP contribution in [0.5, 0.6) is 0 Å². The summed E-state index contributed by atoms with van der Waals surface area (Å²) in [5.74, 6) is 0.770. The molecule has 2 heterocycles. The lowest BCUT2D eigenvalue weighted by Crippen LogP contribution is -1.96. The summed E-state index contributed by atoms with van der Waals surface area (Å²) in [6.45, 7) is 2.77. The molecule has 20 heavy (non-hydrogen) atoms. The second-order valence-corrected chi connectivity index (χ2v) is 6.92. The van der Waals surface area contributed by atoms with Crippen molar-refractivity contribution in [1.29, 1.82) is 0 Å². The topological polar surface area (TPSA) is 38.1 Å². The monoisotopic (exact) mass is 370 g/mol. The zero-order valence-electron chi connectivity index (χ0n) is 10.7. The molecule has 0 saturated carbocycles.